The molecule has 6 nitrogen and oxygen atoms in total. The molecule has 0 amide bonds. The first-order valence-electron chi connectivity index (χ1n) is 9.64. The van der Waals surface area contributed by atoms with Crippen LogP contribution in [0.4, 0.5) is 5.69 Å². The van der Waals surface area contributed by atoms with E-state index < -0.39 is 4.92 Å². The second-order valence-electron chi connectivity index (χ2n) is 6.86. The average Bonchev–Trinajstić information content (AvgIpc) is 2.77. The van der Waals surface area contributed by atoms with E-state index in [9.17, 15) is 10.1 Å². The van der Waals surface area contributed by atoms with Crippen LogP contribution in [0.5, 0.6) is 11.5 Å². The number of nitrogens with one attached hydrogen (secondary N) is 1. The van der Waals surface area contributed by atoms with E-state index in [-0.39, 0.29) is 12.3 Å². The third kappa shape index (κ3) is 6.69. The highest BCUT2D eigenvalue weighted by atomic mass is 79.9. The molecule has 0 bridgehead atoms. The number of ether oxygens (including phenoxy) is 2. The molecule has 1 N–H and O–H groups in total. The van der Waals surface area contributed by atoms with Gasteiger partial charge >= 0.3 is 0 Å². The van der Waals surface area contributed by atoms with Crippen molar-refractivity contribution in [2.24, 2.45) is 0 Å². The number of halogens is 2. The molecule has 8 heteroatoms. The van der Waals surface area contributed by atoms with Gasteiger partial charge in [0.05, 0.1) is 12.0 Å². The molecular formula is C23H22BrClN2O4. The first kappa shape index (κ1) is 23.1. The zero-order valence-corrected chi connectivity index (χ0v) is 19.3. The van der Waals surface area contributed by atoms with Crippen molar-refractivity contribution in [3.8, 4) is 11.5 Å². The van der Waals surface area contributed by atoms with Gasteiger partial charge < -0.3 is 14.8 Å². The maximum Gasteiger partial charge on any atom is 0.269 e. The SMILES string of the molecule is COc1cc(CNCCc2ccc(Cl)cc2)c(Br)cc1OCc1ccc([N+](=O)[O-])cc1. The largest absolute Gasteiger partial charge is 0.493 e. The number of rotatable bonds is 10. The number of nitrogens with zero attached hydrogens (tertiary/aromatic N) is 1. The molecule has 3 aromatic rings. The van der Waals surface area contributed by atoms with Crippen LogP contribution in [0.3, 0.4) is 0 Å². The topological polar surface area (TPSA) is 73.6 Å². The van der Waals surface area contributed by atoms with Gasteiger partial charge in [-0.2, -0.15) is 0 Å². The Kier molecular flexibility index (Phi) is 8.28. The van der Waals surface area contributed by atoms with Crippen LogP contribution in [0.2, 0.25) is 5.02 Å². The normalized spacial score (nSPS) is 10.7. The molecule has 0 aliphatic heterocycles. The molecule has 0 fully saturated rings. The van der Waals surface area contributed by atoms with Crippen molar-refractivity contribution in [2.75, 3.05) is 13.7 Å². The maximum absolute atomic E-state index is 10.8. The average molecular weight is 506 g/mol. The molecule has 0 radical (unpaired) electrons. The van der Waals surface area contributed by atoms with Crippen molar-refractivity contribution < 1.29 is 14.4 Å². The van der Waals surface area contributed by atoms with Gasteiger partial charge in [0.2, 0.25) is 0 Å². The molecule has 0 saturated heterocycles. The monoisotopic (exact) mass is 504 g/mol. The smallest absolute Gasteiger partial charge is 0.269 e. The minimum absolute atomic E-state index is 0.0528. The summed E-state index contributed by atoms with van der Waals surface area (Å²) in [6, 6.07) is 17.9. The molecular weight excluding hydrogens is 484 g/mol. The van der Waals surface area contributed by atoms with Crippen LogP contribution >= 0.6 is 27.5 Å². The highest BCUT2D eigenvalue weighted by Crippen LogP contribution is 2.34. The van der Waals surface area contributed by atoms with Gasteiger partial charge in [0.15, 0.2) is 11.5 Å². The second kappa shape index (κ2) is 11.1. The van der Waals surface area contributed by atoms with Crippen molar-refractivity contribution in [1.29, 1.82) is 0 Å². The first-order valence-corrected chi connectivity index (χ1v) is 10.8. The van der Waals surface area contributed by atoms with Crippen molar-refractivity contribution >= 4 is 33.2 Å². The summed E-state index contributed by atoms with van der Waals surface area (Å²) in [6.07, 6.45) is 0.905. The number of methoxy groups -OCH3 is 1. The lowest BCUT2D eigenvalue weighted by atomic mass is 10.1. The van der Waals surface area contributed by atoms with E-state index in [0.29, 0.717) is 18.0 Å². The molecule has 3 aromatic carbocycles. The Morgan fingerprint density at radius 2 is 1.71 bits per heavy atom. The highest BCUT2D eigenvalue weighted by molar-refractivity contribution is 9.10. The molecule has 0 aliphatic carbocycles. The highest BCUT2D eigenvalue weighted by Gasteiger charge is 2.11. The predicted octanol–water partition coefficient (Wildman–Crippen LogP) is 5.93. The summed E-state index contributed by atoms with van der Waals surface area (Å²) < 4.78 is 12.3. The van der Waals surface area contributed by atoms with Crippen LogP contribution < -0.4 is 14.8 Å². The molecule has 0 heterocycles. The van der Waals surface area contributed by atoms with Gasteiger partial charge in [-0.15, -0.1) is 0 Å². The van der Waals surface area contributed by atoms with Crippen LogP contribution in [-0.4, -0.2) is 18.6 Å². The van der Waals surface area contributed by atoms with Gasteiger partial charge in [0.1, 0.15) is 6.61 Å². The lowest BCUT2D eigenvalue weighted by molar-refractivity contribution is -0.384. The Morgan fingerprint density at radius 3 is 2.35 bits per heavy atom. The van der Waals surface area contributed by atoms with Crippen LogP contribution in [0.1, 0.15) is 16.7 Å². The van der Waals surface area contributed by atoms with Crippen LogP contribution in [0.25, 0.3) is 0 Å². The lowest BCUT2D eigenvalue weighted by Crippen LogP contribution is -2.17. The minimum Gasteiger partial charge on any atom is -0.493 e. The fourth-order valence-corrected chi connectivity index (χ4v) is 3.56. The van der Waals surface area contributed by atoms with Gasteiger partial charge in [0.25, 0.3) is 5.69 Å². The fourth-order valence-electron chi connectivity index (χ4n) is 2.97. The van der Waals surface area contributed by atoms with E-state index in [0.717, 1.165) is 33.6 Å². The van der Waals surface area contributed by atoms with E-state index in [1.54, 1.807) is 19.2 Å². The zero-order chi connectivity index (χ0) is 22.2. The Hall–Kier alpha value is -2.61. The Balaban J connectivity index is 1.57. The van der Waals surface area contributed by atoms with Gasteiger partial charge in [0, 0.05) is 28.2 Å². The summed E-state index contributed by atoms with van der Waals surface area (Å²) in [6.45, 7) is 1.78. The third-order valence-electron chi connectivity index (χ3n) is 4.69. The predicted molar refractivity (Wildman–Crippen MR) is 125 cm³/mol. The van der Waals surface area contributed by atoms with Crippen molar-refractivity contribution in [1.82, 2.24) is 5.32 Å². The molecule has 0 atom stereocenters. The molecule has 3 rings (SSSR count). The van der Waals surface area contributed by atoms with Crippen molar-refractivity contribution in [3.63, 3.8) is 0 Å². The molecule has 0 spiro atoms. The number of benzene rings is 3. The van der Waals surface area contributed by atoms with Gasteiger partial charge in [-0.25, -0.2) is 0 Å². The van der Waals surface area contributed by atoms with E-state index in [1.807, 2.05) is 36.4 Å². The van der Waals surface area contributed by atoms with Gasteiger partial charge in [-0.3, -0.25) is 10.1 Å². The van der Waals surface area contributed by atoms with Crippen molar-refractivity contribution in [2.45, 2.75) is 19.6 Å². The second-order valence-corrected chi connectivity index (χ2v) is 8.15. The van der Waals surface area contributed by atoms with Crippen LogP contribution in [0.15, 0.2) is 65.1 Å². The molecule has 0 aliphatic rings. The lowest BCUT2D eigenvalue weighted by Gasteiger charge is -2.14. The number of nitro groups is 1. The summed E-state index contributed by atoms with van der Waals surface area (Å²) in [5.74, 6) is 1.22. The molecule has 162 valence electrons. The summed E-state index contributed by atoms with van der Waals surface area (Å²) >= 11 is 9.52. The summed E-state index contributed by atoms with van der Waals surface area (Å²) in [7, 11) is 1.60. The zero-order valence-electron chi connectivity index (χ0n) is 16.9. The standard InChI is InChI=1S/C23H22BrClN2O4/c1-30-22-12-18(14-26-11-10-16-2-6-19(25)7-3-16)21(24)13-23(22)31-15-17-4-8-20(9-5-17)27(28)29/h2-9,12-13,26H,10-11,14-15H2,1H3. The number of hydrogen-bond donors (Lipinski definition) is 1. The van der Waals surface area contributed by atoms with E-state index in [2.05, 4.69) is 21.2 Å². The van der Waals surface area contributed by atoms with Gasteiger partial charge in [-0.1, -0.05) is 39.7 Å². The van der Waals surface area contributed by atoms with Gasteiger partial charge in [-0.05, 0) is 66.1 Å². The van der Waals surface area contributed by atoms with E-state index in [1.165, 1.54) is 17.7 Å². The Bertz CT molecular complexity index is 1030. The summed E-state index contributed by atoms with van der Waals surface area (Å²) in [5, 5.41) is 14.9. The van der Waals surface area contributed by atoms with Crippen LogP contribution in [-0.2, 0) is 19.6 Å². The molecule has 31 heavy (non-hydrogen) atoms. The van der Waals surface area contributed by atoms with Crippen LogP contribution in [0, 0.1) is 10.1 Å². The Morgan fingerprint density at radius 1 is 1.03 bits per heavy atom. The Labute approximate surface area is 194 Å². The van der Waals surface area contributed by atoms with Crippen molar-refractivity contribution in [3.05, 3.63) is 97.0 Å². The van der Waals surface area contributed by atoms with E-state index >= 15 is 0 Å². The number of hydrogen-bond acceptors (Lipinski definition) is 5. The maximum atomic E-state index is 10.8. The number of nitro benzene ring substituents is 1. The summed E-state index contributed by atoms with van der Waals surface area (Å²) in [5.41, 5.74) is 3.16. The fraction of sp³-hybridized carbons (Fsp3) is 0.217. The third-order valence-corrected chi connectivity index (χ3v) is 5.68. The minimum atomic E-state index is -0.424. The van der Waals surface area contributed by atoms with E-state index in [4.69, 9.17) is 21.1 Å². The quantitative estimate of drug-likeness (QED) is 0.210. The first-order chi connectivity index (χ1) is 15.0. The molecule has 0 aromatic heterocycles. The summed E-state index contributed by atoms with van der Waals surface area (Å²) in [4.78, 5) is 10.3. The molecule has 0 unspecified atom stereocenters. The number of non-ortho nitro benzene ring substituents is 1. The molecule has 0 saturated carbocycles.